The van der Waals surface area contributed by atoms with E-state index in [9.17, 15) is 9.59 Å². The van der Waals surface area contributed by atoms with Crippen LogP contribution in [0.5, 0.6) is 0 Å². The smallest absolute Gasteiger partial charge is 0.276 e. The van der Waals surface area contributed by atoms with Gasteiger partial charge in [-0.05, 0) is 79.1 Å². The van der Waals surface area contributed by atoms with E-state index in [2.05, 4.69) is 5.43 Å². The summed E-state index contributed by atoms with van der Waals surface area (Å²) in [4.78, 5) is 31.4. The number of benzene rings is 4. The number of halogens is 2. The lowest BCUT2D eigenvalue weighted by molar-refractivity contribution is -0.133. The van der Waals surface area contributed by atoms with Crippen molar-refractivity contribution in [2.75, 3.05) is 11.4 Å². The molecule has 2 amide bonds. The molecule has 0 spiro atoms. The van der Waals surface area contributed by atoms with Crippen LogP contribution in [0.1, 0.15) is 25.0 Å². The Labute approximate surface area is 257 Å². The fourth-order valence-electron chi connectivity index (χ4n) is 5.06. The van der Waals surface area contributed by atoms with Crippen LogP contribution in [-0.2, 0) is 14.5 Å². The number of allylic oxidation sites excluding steroid dienone is 1. The molecule has 1 saturated heterocycles. The van der Waals surface area contributed by atoms with Gasteiger partial charge in [0, 0.05) is 19.8 Å². The number of anilines is 2. The number of nitrogens with zero attached hydrogens (tertiary/aromatic N) is 2. The average Bonchev–Trinajstić information content (AvgIpc) is 3.24. The first kappa shape index (κ1) is 27.9. The second kappa shape index (κ2) is 11.2. The summed E-state index contributed by atoms with van der Waals surface area (Å²) in [7, 11) is 0. The van der Waals surface area contributed by atoms with Crippen LogP contribution in [0.3, 0.4) is 0 Å². The summed E-state index contributed by atoms with van der Waals surface area (Å²) in [5, 5.41) is 2.72. The fraction of sp³-hybridized carbons (Fsp3) is 0.125. The number of carbonyl (C=O) groups excluding carboxylic acids is 2. The molecule has 0 aromatic heterocycles. The molecule has 2 heterocycles. The molecule has 1 N–H and O–H groups in total. The van der Waals surface area contributed by atoms with E-state index in [1.807, 2.05) is 98.8 Å². The lowest BCUT2D eigenvalue weighted by Gasteiger charge is -2.35. The quantitative estimate of drug-likeness (QED) is 0.227. The Balaban J connectivity index is 1.36. The van der Waals surface area contributed by atoms with Gasteiger partial charge in [-0.3, -0.25) is 19.5 Å². The van der Waals surface area contributed by atoms with Gasteiger partial charge in [0.1, 0.15) is 4.87 Å². The normalized spacial score (nSPS) is 19.2. The van der Waals surface area contributed by atoms with Gasteiger partial charge in [-0.15, -0.1) is 0 Å². The summed E-state index contributed by atoms with van der Waals surface area (Å²) in [6.45, 7) is 3.77. The van der Waals surface area contributed by atoms with Crippen molar-refractivity contribution < 1.29 is 9.59 Å². The van der Waals surface area contributed by atoms with Crippen LogP contribution < -0.4 is 10.3 Å². The molecule has 6 rings (SSSR count). The van der Waals surface area contributed by atoms with Crippen molar-refractivity contribution >= 4 is 75.5 Å². The molecule has 9 heteroatoms. The van der Waals surface area contributed by atoms with Gasteiger partial charge in [0.25, 0.3) is 5.91 Å². The van der Waals surface area contributed by atoms with E-state index >= 15 is 0 Å². The summed E-state index contributed by atoms with van der Waals surface area (Å²) < 4.78 is 0. The Morgan fingerprint density at radius 2 is 1.46 bits per heavy atom. The van der Waals surface area contributed by atoms with Crippen molar-refractivity contribution in [3.8, 4) is 0 Å². The highest BCUT2D eigenvalue weighted by molar-refractivity contribution is 8.05. The third-order valence-corrected chi connectivity index (χ3v) is 10.3. The minimum Gasteiger partial charge on any atom is -0.278 e. The number of nitrogens with one attached hydrogen (secondary N) is 1. The lowest BCUT2D eigenvalue weighted by atomic mass is 10.1. The topological polar surface area (TPSA) is 52.7 Å². The Morgan fingerprint density at radius 3 is 2.10 bits per heavy atom. The van der Waals surface area contributed by atoms with Gasteiger partial charge in [-0.25, -0.2) is 5.43 Å². The summed E-state index contributed by atoms with van der Waals surface area (Å²) >= 11 is 15.7. The van der Waals surface area contributed by atoms with Crippen LogP contribution in [-0.4, -0.2) is 23.4 Å². The lowest BCUT2D eigenvalue weighted by Crippen LogP contribution is -2.52. The molecule has 4 aromatic rings. The van der Waals surface area contributed by atoms with Crippen molar-refractivity contribution in [2.24, 2.45) is 0 Å². The largest absolute Gasteiger partial charge is 0.278 e. The van der Waals surface area contributed by atoms with Crippen molar-refractivity contribution in [3.63, 3.8) is 0 Å². The van der Waals surface area contributed by atoms with Crippen LogP contribution in [0.2, 0.25) is 10.0 Å². The van der Waals surface area contributed by atoms with Crippen molar-refractivity contribution in [1.29, 1.82) is 0 Å². The number of hydrogen-bond acceptors (Lipinski definition) is 5. The Morgan fingerprint density at radius 1 is 0.854 bits per heavy atom. The van der Waals surface area contributed by atoms with E-state index in [1.54, 1.807) is 33.8 Å². The summed E-state index contributed by atoms with van der Waals surface area (Å²) in [6, 6.07) is 30.6. The number of para-hydroxylation sites is 2. The molecule has 0 bridgehead atoms. The molecule has 41 heavy (non-hydrogen) atoms. The van der Waals surface area contributed by atoms with E-state index in [0.717, 1.165) is 37.9 Å². The third kappa shape index (κ3) is 5.18. The highest BCUT2D eigenvalue weighted by Crippen LogP contribution is 2.52. The number of rotatable bonds is 5. The first-order valence-electron chi connectivity index (χ1n) is 12.9. The van der Waals surface area contributed by atoms with Gasteiger partial charge >= 0.3 is 0 Å². The Bertz CT molecular complexity index is 1680. The van der Waals surface area contributed by atoms with Crippen molar-refractivity contribution in [1.82, 2.24) is 10.4 Å². The molecule has 1 atom stereocenters. The van der Waals surface area contributed by atoms with Gasteiger partial charge in [0.05, 0.1) is 22.8 Å². The molecular formula is C32H25Cl2N3O2S2. The molecule has 0 saturated carbocycles. The molecule has 0 aliphatic carbocycles. The van der Waals surface area contributed by atoms with E-state index in [4.69, 9.17) is 23.2 Å². The predicted octanol–water partition coefficient (Wildman–Crippen LogP) is 8.51. The fourth-order valence-corrected chi connectivity index (χ4v) is 7.83. The van der Waals surface area contributed by atoms with Crippen LogP contribution >= 0.6 is 46.7 Å². The summed E-state index contributed by atoms with van der Waals surface area (Å²) in [5.41, 5.74) is 7.35. The standard InChI is InChI=1S/C32H25Cl2N3O2S2/c1-20(21-9-7-11-23(33)17-21)30-31(39)37(32(2,41-30)22-10-8-12-24(34)18-22)35-19-29(38)36-25-13-3-5-15-27(25)40-28-16-6-4-14-26(28)36/h3-18,35H,19H2,1-2H3/b30-20-. The summed E-state index contributed by atoms with van der Waals surface area (Å²) in [5.74, 6) is -0.404. The van der Waals surface area contributed by atoms with Crippen LogP contribution in [0, 0.1) is 0 Å². The van der Waals surface area contributed by atoms with Crippen molar-refractivity contribution in [3.05, 3.63) is 123 Å². The molecule has 206 valence electrons. The maximum absolute atomic E-state index is 14.1. The van der Waals surface area contributed by atoms with E-state index < -0.39 is 4.87 Å². The first-order valence-corrected chi connectivity index (χ1v) is 15.3. The number of hydrazine groups is 1. The van der Waals surface area contributed by atoms with Gasteiger partial charge in [-0.2, -0.15) is 0 Å². The summed E-state index contributed by atoms with van der Waals surface area (Å²) in [6.07, 6.45) is 0. The second-order valence-electron chi connectivity index (χ2n) is 9.80. The highest BCUT2D eigenvalue weighted by Gasteiger charge is 2.48. The monoisotopic (exact) mass is 617 g/mol. The van der Waals surface area contributed by atoms with E-state index in [-0.39, 0.29) is 18.4 Å². The van der Waals surface area contributed by atoms with Gasteiger partial charge in [0.2, 0.25) is 5.91 Å². The van der Waals surface area contributed by atoms with Gasteiger partial charge in [0.15, 0.2) is 0 Å². The molecule has 4 aromatic carbocycles. The maximum atomic E-state index is 14.1. The zero-order valence-corrected chi connectivity index (χ0v) is 25.4. The molecule has 2 aliphatic rings. The Hall–Kier alpha value is -3.20. The number of carbonyl (C=O) groups is 2. The minimum absolute atomic E-state index is 0.0979. The van der Waals surface area contributed by atoms with E-state index in [0.29, 0.717) is 15.0 Å². The van der Waals surface area contributed by atoms with Crippen LogP contribution in [0.25, 0.3) is 5.57 Å². The van der Waals surface area contributed by atoms with E-state index in [1.165, 1.54) is 11.8 Å². The highest BCUT2D eigenvalue weighted by atomic mass is 35.5. The first-order chi connectivity index (χ1) is 19.8. The molecule has 2 aliphatic heterocycles. The van der Waals surface area contributed by atoms with Crippen LogP contribution in [0.15, 0.2) is 112 Å². The Kier molecular flexibility index (Phi) is 7.66. The zero-order valence-electron chi connectivity index (χ0n) is 22.2. The third-order valence-electron chi connectivity index (χ3n) is 7.15. The number of hydrogen-bond donors (Lipinski definition) is 1. The molecular weight excluding hydrogens is 593 g/mol. The number of thioether (sulfide) groups is 1. The average molecular weight is 619 g/mol. The predicted molar refractivity (Wildman–Crippen MR) is 169 cm³/mol. The molecule has 1 unspecified atom stereocenters. The molecule has 1 fully saturated rings. The van der Waals surface area contributed by atoms with Crippen molar-refractivity contribution in [2.45, 2.75) is 28.5 Å². The molecule has 5 nitrogen and oxygen atoms in total. The zero-order chi connectivity index (χ0) is 28.7. The maximum Gasteiger partial charge on any atom is 0.276 e. The van der Waals surface area contributed by atoms with Crippen LogP contribution in [0.4, 0.5) is 11.4 Å². The molecule has 0 radical (unpaired) electrons. The van der Waals surface area contributed by atoms with Gasteiger partial charge in [-0.1, -0.05) is 95.3 Å². The SMILES string of the molecule is C/C(=C1/SC(C)(c2cccc(Cl)c2)N(NCC(=O)N2c3ccccc3Sc3ccccc32)C1=O)c1cccc(Cl)c1. The van der Waals surface area contributed by atoms with Gasteiger partial charge < -0.3 is 0 Å². The minimum atomic E-state index is -0.870. The second-order valence-corrected chi connectivity index (χ2v) is 13.2. The number of amides is 2. The number of fused-ring (bicyclic) bond motifs is 2.